The van der Waals surface area contributed by atoms with Crippen LogP contribution in [0.1, 0.15) is 52.0 Å². The highest BCUT2D eigenvalue weighted by Gasteiger charge is 2.33. The van der Waals surface area contributed by atoms with Gasteiger partial charge in [0.05, 0.1) is 12.0 Å². The Balaban J connectivity index is 2.13. The van der Waals surface area contributed by atoms with Crippen LogP contribution in [0.5, 0.6) is 0 Å². The molecule has 3 nitrogen and oxygen atoms in total. The highest BCUT2D eigenvalue weighted by molar-refractivity contribution is 5.89. The van der Waals surface area contributed by atoms with E-state index in [1.807, 2.05) is 56.3 Å². The summed E-state index contributed by atoms with van der Waals surface area (Å²) >= 11 is 0. The smallest absolute Gasteiger partial charge is 0.310 e. The topological polar surface area (TPSA) is 46.5 Å². The van der Waals surface area contributed by atoms with E-state index in [0.29, 0.717) is 12.8 Å². The monoisotopic (exact) mass is 328 g/mol. The van der Waals surface area contributed by atoms with Crippen LogP contribution in [-0.2, 0) is 16.0 Å². The molecule has 2 unspecified atom stereocenters. The fraction of sp³-hybridized carbons (Fsp3) is 0.476. The number of carbonyl (C=O) groups is 1. The molecule has 0 saturated heterocycles. The van der Waals surface area contributed by atoms with Gasteiger partial charge in [-0.2, -0.15) is 0 Å². The summed E-state index contributed by atoms with van der Waals surface area (Å²) in [7, 11) is 0. The van der Waals surface area contributed by atoms with Gasteiger partial charge >= 0.3 is 5.97 Å². The second kappa shape index (κ2) is 8.29. The summed E-state index contributed by atoms with van der Waals surface area (Å²) in [5.41, 5.74) is -0.0115. The molecular weight excluding hydrogens is 300 g/mol. The minimum Gasteiger partial charge on any atom is -0.459 e. The van der Waals surface area contributed by atoms with Crippen molar-refractivity contribution in [2.75, 3.05) is 0 Å². The van der Waals surface area contributed by atoms with Crippen molar-refractivity contribution in [3.63, 3.8) is 0 Å². The standard InChI is InChI=1S/C21H28O3/c1-4-9-19(21(3,23)14-5-2)24-20(22)15-17-12-8-11-16-10-6-7-13-18(16)17/h6-8,10-13,19,23H,4-5,9,14-15H2,1-3H3. The third-order valence-corrected chi connectivity index (χ3v) is 4.49. The average Bonchev–Trinajstić information content (AvgIpc) is 2.55. The Morgan fingerprint density at radius 1 is 1.12 bits per heavy atom. The van der Waals surface area contributed by atoms with Gasteiger partial charge in [-0.05, 0) is 36.1 Å². The molecule has 1 N–H and O–H groups in total. The molecule has 0 aliphatic rings. The second-order valence-corrected chi connectivity index (χ2v) is 6.69. The zero-order chi connectivity index (χ0) is 17.6. The van der Waals surface area contributed by atoms with Crippen LogP contribution in [0.15, 0.2) is 42.5 Å². The highest BCUT2D eigenvalue weighted by atomic mass is 16.6. The molecule has 2 aromatic carbocycles. The molecule has 0 amide bonds. The van der Waals surface area contributed by atoms with E-state index in [1.165, 1.54) is 0 Å². The van der Waals surface area contributed by atoms with Crippen molar-refractivity contribution in [1.29, 1.82) is 0 Å². The maximum atomic E-state index is 12.5. The van der Waals surface area contributed by atoms with Gasteiger partial charge in [0.25, 0.3) is 0 Å². The maximum Gasteiger partial charge on any atom is 0.310 e. The molecule has 0 saturated carbocycles. The summed E-state index contributed by atoms with van der Waals surface area (Å²) in [4.78, 5) is 12.5. The molecule has 3 heteroatoms. The third kappa shape index (κ3) is 4.57. The molecule has 130 valence electrons. The van der Waals surface area contributed by atoms with Crippen molar-refractivity contribution >= 4 is 16.7 Å². The molecule has 0 fully saturated rings. The molecule has 0 bridgehead atoms. The molecule has 0 aliphatic carbocycles. The van der Waals surface area contributed by atoms with Crippen molar-refractivity contribution < 1.29 is 14.6 Å². The van der Waals surface area contributed by atoms with E-state index in [4.69, 9.17) is 4.74 Å². The Labute approximate surface area is 144 Å². The maximum absolute atomic E-state index is 12.5. The second-order valence-electron chi connectivity index (χ2n) is 6.69. The number of carbonyl (C=O) groups excluding carboxylic acids is 1. The lowest BCUT2D eigenvalue weighted by molar-refractivity contribution is -0.164. The van der Waals surface area contributed by atoms with E-state index >= 15 is 0 Å². The molecule has 2 atom stereocenters. The van der Waals surface area contributed by atoms with Crippen molar-refractivity contribution in [2.24, 2.45) is 0 Å². The Bertz CT molecular complexity index is 670. The number of esters is 1. The van der Waals surface area contributed by atoms with E-state index in [0.717, 1.165) is 29.2 Å². The van der Waals surface area contributed by atoms with Crippen LogP contribution >= 0.6 is 0 Å². The lowest BCUT2D eigenvalue weighted by atomic mass is 9.90. The first-order chi connectivity index (χ1) is 11.5. The number of benzene rings is 2. The fourth-order valence-electron chi connectivity index (χ4n) is 3.23. The van der Waals surface area contributed by atoms with Crippen molar-refractivity contribution in [1.82, 2.24) is 0 Å². The van der Waals surface area contributed by atoms with Gasteiger partial charge in [-0.1, -0.05) is 69.2 Å². The highest BCUT2D eigenvalue weighted by Crippen LogP contribution is 2.25. The molecule has 24 heavy (non-hydrogen) atoms. The van der Waals surface area contributed by atoms with Crippen molar-refractivity contribution in [3.8, 4) is 0 Å². The molecule has 0 heterocycles. The molecular formula is C21H28O3. The molecule has 2 rings (SSSR count). The first kappa shape index (κ1) is 18.5. The summed E-state index contributed by atoms with van der Waals surface area (Å²) < 4.78 is 5.67. The lowest BCUT2D eigenvalue weighted by Crippen LogP contribution is -2.42. The lowest BCUT2D eigenvalue weighted by Gasteiger charge is -2.32. The van der Waals surface area contributed by atoms with E-state index in [2.05, 4.69) is 0 Å². The van der Waals surface area contributed by atoms with Crippen LogP contribution in [-0.4, -0.2) is 22.8 Å². The van der Waals surface area contributed by atoms with E-state index in [-0.39, 0.29) is 12.4 Å². The van der Waals surface area contributed by atoms with Gasteiger partial charge in [-0.25, -0.2) is 0 Å². The summed E-state index contributed by atoms with van der Waals surface area (Å²) in [6.45, 7) is 5.82. The minimum atomic E-state index is -0.973. The number of fused-ring (bicyclic) bond motifs is 1. The van der Waals surface area contributed by atoms with Crippen molar-refractivity contribution in [3.05, 3.63) is 48.0 Å². The van der Waals surface area contributed by atoms with Gasteiger partial charge in [0.1, 0.15) is 6.10 Å². The van der Waals surface area contributed by atoms with E-state index in [1.54, 1.807) is 6.92 Å². The number of aliphatic hydroxyl groups is 1. The van der Waals surface area contributed by atoms with Gasteiger partial charge in [-0.15, -0.1) is 0 Å². The Kier molecular flexibility index (Phi) is 6.38. The Morgan fingerprint density at radius 2 is 1.83 bits per heavy atom. The Morgan fingerprint density at radius 3 is 2.54 bits per heavy atom. The van der Waals surface area contributed by atoms with E-state index < -0.39 is 11.7 Å². The summed E-state index contributed by atoms with van der Waals surface area (Å²) in [6, 6.07) is 14.0. The van der Waals surface area contributed by atoms with Crippen molar-refractivity contribution in [2.45, 2.75) is 64.6 Å². The molecule has 0 spiro atoms. The molecule has 0 aromatic heterocycles. The molecule has 0 aliphatic heterocycles. The summed E-state index contributed by atoms with van der Waals surface area (Å²) in [6.07, 6.45) is 2.79. The van der Waals surface area contributed by atoms with Crippen LogP contribution in [0.3, 0.4) is 0 Å². The summed E-state index contributed by atoms with van der Waals surface area (Å²) in [5, 5.41) is 12.8. The normalized spacial score (nSPS) is 15.0. The Hall–Kier alpha value is -1.87. The largest absolute Gasteiger partial charge is 0.459 e. The number of ether oxygens (including phenoxy) is 1. The van der Waals surface area contributed by atoms with Crippen LogP contribution < -0.4 is 0 Å². The zero-order valence-corrected chi connectivity index (χ0v) is 14.9. The number of rotatable bonds is 8. The molecule has 0 radical (unpaired) electrons. The quantitative estimate of drug-likeness (QED) is 0.718. The summed E-state index contributed by atoms with van der Waals surface area (Å²) in [5.74, 6) is -0.277. The predicted molar refractivity (Wildman–Crippen MR) is 98.0 cm³/mol. The average molecular weight is 328 g/mol. The van der Waals surface area contributed by atoms with Gasteiger partial charge < -0.3 is 9.84 Å². The van der Waals surface area contributed by atoms with Gasteiger partial charge in [0.15, 0.2) is 0 Å². The number of hydrogen-bond donors (Lipinski definition) is 1. The van der Waals surface area contributed by atoms with Crippen LogP contribution in [0.4, 0.5) is 0 Å². The van der Waals surface area contributed by atoms with Gasteiger partial charge in [0, 0.05) is 0 Å². The first-order valence-electron chi connectivity index (χ1n) is 8.86. The fourth-order valence-corrected chi connectivity index (χ4v) is 3.23. The zero-order valence-electron chi connectivity index (χ0n) is 14.9. The van der Waals surface area contributed by atoms with Gasteiger partial charge in [0.2, 0.25) is 0 Å². The third-order valence-electron chi connectivity index (χ3n) is 4.49. The van der Waals surface area contributed by atoms with Crippen LogP contribution in [0.25, 0.3) is 10.8 Å². The van der Waals surface area contributed by atoms with Crippen LogP contribution in [0.2, 0.25) is 0 Å². The van der Waals surface area contributed by atoms with Gasteiger partial charge in [-0.3, -0.25) is 4.79 Å². The molecule has 2 aromatic rings. The van der Waals surface area contributed by atoms with E-state index in [9.17, 15) is 9.90 Å². The van der Waals surface area contributed by atoms with Crippen LogP contribution in [0, 0.1) is 0 Å². The first-order valence-corrected chi connectivity index (χ1v) is 8.86. The predicted octanol–water partition coefficient (Wildman–Crippen LogP) is 4.65. The minimum absolute atomic E-state index is 0.226. The number of hydrogen-bond acceptors (Lipinski definition) is 3. The SMILES string of the molecule is CCCC(OC(=O)Cc1cccc2ccccc12)C(C)(O)CCC.